The van der Waals surface area contributed by atoms with Crippen molar-refractivity contribution in [3.8, 4) is 0 Å². The number of nitrogens with zero attached hydrogens (tertiary/aromatic N) is 3. The van der Waals surface area contributed by atoms with Gasteiger partial charge in [0.05, 0.1) is 6.04 Å². The Morgan fingerprint density at radius 1 is 1.57 bits per heavy atom. The van der Waals surface area contributed by atoms with Gasteiger partial charge >= 0.3 is 0 Å². The lowest BCUT2D eigenvalue weighted by atomic mass is 9.98. The molecule has 5 heteroatoms. The summed E-state index contributed by atoms with van der Waals surface area (Å²) >= 11 is 0. The lowest BCUT2D eigenvalue weighted by Crippen LogP contribution is -2.40. The fraction of sp³-hybridized carbons (Fsp3) is 0.667. The number of Topliss-reactive ketones (excluding diaryl/α,β-unsaturated/α-hetero) is 1. The number of ketones is 1. The van der Waals surface area contributed by atoms with Crippen molar-refractivity contribution in [1.82, 2.24) is 20.1 Å². The predicted molar refractivity (Wildman–Crippen MR) is 50.6 cm³/mol. The van der Waals surface area contributed by atoms with Crippen molar-refractivity contribution in [3.63, 3.8) is 0 Å². The number of carbonyl (C=O) groups is 1. The molecule has 1 fully saturated rings. The number of carbonyl (C=O) groups excluding carboxylic acids is 1. The molecule has 0 saturated carbocycles. The van der Waals surface area contributed by atoms with E-state index in [2.05, 4.69) is 15.4 Å². The number of aryl methyl sites for hydroxylation is 1. The molecule has 1 aliphatic rings. The van der Waals surface area contributed by atoms with E-state index in [1.54, 1.807) is 4.68 Å². The van der Waals surface area contributed by atoms with Gasteiger partial charge in [-0.2, -0.15) is 5.10 Å². The van der Waals surface area contributed by atoms with E-state index in [4.69, 9.17) is 0 Å². The van der Waals surface area contributed by atoms with Crippen LogP contribution in [-0.4, -0.2) is 26.6 Å². The zero-order chi connectivity index (χ0) is 10.1. The summed E-state index contributed by atoms with van der Waals surface area (Å²) in [5.74, 6) is 1.13. The van der Waals surface area contributed by atoms with Crippen LogP contribution in [0.1, 0.15) is 31.6 Å². The van der Waals surface area contributed by atoms with Crippen molar-refractivity contribution in [2.24, 2.45) is 7.05 Å². The van der Waals surface area contributed by atoms with Crippen LogP contribution in [0.25, 0.3) is 0 Å². The average Bonchev–Trinajstić information content (AvgIpc) is 2.49. The zero-order valence-corrected chi connectivity index (χ0v) is 8.40. The summed E-state index contributed by atoms with van der Waals surface area (Å²) in [5, 5.41) is 7.34. The Labute approximate surface area is 82.5 Å². The highest BCUT2D eigenvalue weighted by Gasteiger charge is 2.27. The minimum absolute atomic E-state index is 0.0266. The Kier molecular flexibility index (Phi) is 2.33. The van der Waals surface area contributed by atoms with Crippen LogP contribution in [0.3, 0.4) is 0 Å². The predicted octanol–water partition coefficient (Wildman–Crippen LogP) is 0.197. The molecule has 2 heterocycles. The molecule has 1 aromatic heterocycles. The van der Waals surface area contributed by atoms with E-state index < -0.39 is 0 Å². The van der Waals surface area contributed by atoms with Crippen LogP contribution in [0.4, 0.5) is 0 Å². The first kappa shape index (κ1) is 9.33. The summed E-state index contributed by atoms with van der Waals surface area (Å²) in [4.78, 5) is 15.5. The third kappa shape index (κ3) is 1.68. The van der Waals surface area contributed by atoms with Gasteiger partial charge in [0.25, 0.3) is 0 Å². The highest BCUT2D eigenvalue weighted by atomic mass is 16.1. The van der Waals surface area contributed by atoms with E-state index in [-0.39, 0.29) is 12.1 Å². The van der Waals surface area contributed by atoms with Crippen molar-refractivity contribution in [1.29, 1.82) is 0 Å². The number of hydrogen-bond donors (Lipinski definition) is 1. The fourth-order valence-electron chi connectivity index (χ4n) is 1.90. The number of hydrogen-bond acceptors (Lipinski definition) is 4. The second-order valence-electron chi connectivity index (χ2n) is 3.81. The summed E-state index contributed by atoms with van der Waals surface area (Å²) < 4.78 is 1.71. The maximum absolute atomic E-state index is 11.4. The third-order valence-electron chi connectivity index (χ3n) is 2.51. The van der Waals surface area contributed by atoms with Crippen LogP contribution in [0, 0.1) is 0 Å². The normalized spacial score (nSPS) is 28.0. The molecule has 0 radical (unpaired) electrons. The molecule has 0 aliphatic carbocycles. The first-order valence-electron chi connectivity index (χ1n) is 4.78. The quantitative estimate of drug-likeness (QED) is 0.693. The van der Waals surface area contributed by atoms with E-state index >= 15 is 0 Å². The Morgan fingerprint density at radius 3 is 2.93 bits per heavy atom. The molecule has 1 saturated heterocycles. The number of aromatic nitrogens is 3. The van der Waals surface area contributed by atoms with Crippen molar-refractivity contribution in [3.05, 3.63) is 12.2 Å². The van der Waals surface area contributed by atoms with Crippen molar-refractivity contribution < 1.29 is 4.79 Å². The van der Waals surface area contributed by atoms with Gasteiger partial charge in [-0.1, -0.05) is 0 Å². The maximum atomic E-state index is 11.4. The standard InChI is InChI=1S/C9H14N4O/c1-6-3-7(14)4-8(12-6)9-10-5-11-13(9)2/h5-6,8,12H,3-4H2,1-2H3. The van der Waals surface area contributed by atoms with Gasteiger partial charge < -0.3 is 5.32 Å². The third-order valence-corrected chi connectivity index (χ3v) is 2.51. The molecule has 0 aromatic carbocycles. The largest absolute Gasteiger partial charge is 0.304 e. The van der Waals surface area contributed by atoms with Gasteiger partial charge in [-0.25, -0.2) is 4.98 Å². The monoisotopic (exact) mass is 194 g/mol. The van der Waals surface area contributed by atoms with Gasteiger partial charge in [-0.05, 0) is 6.92 Å². The summed E-state index contributed by atoms with van der Waals surface area (Å²) in [7, 11) is 1.84. The topological polar surface area (TPSA) is 59.8 Å². The molecule has 1 N–H and O–H groups in total. The highest BCUT2D eigenvalue weighted by Crippen LogP contribution is 2.20. The van der Waals surface area contributed by atoms with Gasteiger partial charge in [0, 0.05) is 25.9 Å². The first-order valence-corrected chi connectivity index (χ1v) is 4.78. The number of nitrogens with one attached hydrogen (secondary N) is 1. The summed E-state index contributed by atoms with van der Waals surface area (Å²) in [6.07, 6.45) is 2.66. The second kappa shape index (κ2) is 3.49. The van der Waals surface area contributed by atoms with E-state index in [1.807, 2.05) is 14.0 Å². The maximum Gasteiger partial charge on any atom is 0.144 e. The summed E-state index contributed by atoms with van der Waals surface area (Å²) in [6, 6.07) is 0.261. The second-order valence-corrected chi connectivity index (χ2v) is 3.81. The van der Waals surface area contributed by atoms with Gasteiger partial charge in [-0.15, -0.1) is 0 Å². The molecule has 0 bridgehead atoms. The van der Waals surface area contributed by atoms with Gasteiger partial charge in [0.1, 0.15) is 17.9 Å². The Hall–Kier alpha value is -1.23. The van der Waals surface area contributed by atoms with Crippen LogP contribution in [0.2, 0.25) is 0 Å². The summed E-state index contributed by atoms with van der Waals surface area (Å²) in [5.41, 5.74) is 0. The van der Waals surface area contributed by atoms with Crippen LogP contribution < -0.4 is 5.32 Å². The smallest absolute Gasteiger partial charge is 0.144 e. The summed E-state index contributed by atoms with van der Waals surface area (Å²) in [6.45, 7) is 2.01. The van der Waals surface area contributed by atoms with Crippen molar-refractivity contribution in [2.75, 3.05) is 0 Å². The van der Waals surface area contributed by atoms with Crippen LogP contribution in [0.5, 0.6) is 0 Å². The molecule has 5 nitrogen and oxygen atoms in total. The van der Waals surface area contributed by atoms with Crippen molar-refractivity contribution in [2.45, 2.75) is 31.8 Å². The van der Waals surface area contributed by atoms with E-state index in [1.165, 1.54) is 6.33 Å². The molecule has 0 amide bonds. The minimum Gasteiger partial charge on any atom is -0.304 e. The van der Waals surface area contributed by atoms with Gasteiger partial charge in [-0.3, -0.25) is 9.48 Å². The zero-order valence-electron chi connectivity index (χ0n) is 8.40. The van der Waals surface area contributed by atoms with Crippen LogP contribution in [0.15, 0.2) is 6.33 Å². The highest BCUT2D eigenvalue weighted by molar-refractivity contribution is 5.80. The molecule has 76 valence electrons. The molecule has 2 rings (SSSR count). The fourth-order valence-corrected chi connectivity index (χ4v) is 1.90. The Bertz CT molecular complexity index is 346. The molecule has 14 heavy (non-hydrogen) atoms. The van der Waals surface area contributed by atoms with E-state index in [9.17, 15) is 4.79 Å². The lowest BCUT2D eigenvalue weighted by molar-refractivity contribution is -0.121. The Morgan fingerprint density at radius 2 is 2.36 bits per heavy atom. The Balaban J connectivity index is 2.19. The van der Waals surface area contributed by atoms with Crippen LogP contribution in [-0.2, 0) is 11.8 Å². The molecular formula is C9H14N4O. The number of rotatable bonds is 1. The molecular weight excluding hydrogens is 180 g/mol. The first-order chi connectivity index (χ1) is 6.66. The molecule has 1 aliphatic heterocycles. The molecule has 1 aromatic rings. The van der Waals surface area contributed by atoms with Crippen LogP contribution >= 0.6 is 0 Å². The van der Waals surface area contributed by atoms with Gasteiger partial charge in [0.2, 0.25) is 0 Å². The van der Waals surface area contributed by atoms with E-state index in [0.717, 1.165) is 5.82 Å². The molecule has 2 atom stereocenters. The number of piperidine rings is 1. The molecule has 2 unspecified atom stereocenters. The van der Waals surface area contributed by atoms with Crippen molar-refractivity contribution >= 4 is 5.78 Å². The molecule has 0 spiro atoms. The average molecular weight is 194 g/mol. The lowest BCUT2D eigenvalue weighted by Gasteiger charge is -2.26. The minimum atomic E-state index is 0.0266. The SMILES string of the molecule is CC1CC(=O)CC(c2ncnn2C)N1. The van der Waals surface area contributed by atoms with E-state index in [0.29, 0.717) is 18.6 Å². The van der Waals surface area contributed by atoms with Gasteiger partial charge in [0.15, 0.2) is 0 Å².